The first-order valence-electron chi connectivity index (χ1n) is 6.36. The highest BCUT2D eigenvalue weighted by molar-refractivity contribution is 7.80. The molecule has 0 bridgehead atoms. The number of nitrogens with two attached hydrogens (primary N) is 1. The lowest BCUT2D eigenvalue weighted by Crippen LogP contribution is -2.36. The number of thiocarbonyl (C=S) groups is 1. The largest absolute Gasteiger partial charge is 0.395 e. The molecule has 0 aromatic heterocycles. The number of nitrogens with zero attached hydrogens (tertiary/aromatic N) is 1. The Hall–Kier alpha value is -1.01. The van der Waals surface area contributed by atoms with Crippen LogP contribution in [-0.2, 0) is 4.74 Å². The maximum Gasteiger partial charge on any atom is 0.0746 e. The molecule has 1 unspecified atom stereocenters. The molecule has 5 heteroatoms. The van der Waals surface area contributed by atoms with Gasteiger partial charge in [0.2, 0.25) is 0 Å². The van der Waals surface area contributed by atoms with Gasteiger partial charge in [-0.1, -0.05) is 42.5 Å². The van der Waals surface area contributed by atoms with E-state index in [4.69, 9.17) is 22.7 Å². The van der Waals surface area contributed by atoms with Crippen LogP contribution in [0.25, 0.3) is 0 Å². The van der Waals surface area contributed by atoms with Crippen molar-refractivity contribution in [2.75, 3.05) is 33.4 Å². The van der Waals surface area contributed by atoms with Gasteiger partial charge in [0.15, 0.2) is 0 Å². The van der Waals surface area contributed by atoms with Crippen molar-refractivity contribution >= 4 is 17.2 Å². The Balaban J connectivity index is 2.88. The molecule has 0 aliphatic carbocycles. The van der Waals surface area contributed by atoms with Crippen molar-refractivity contribution < 1.29 is 9.84 Å². The van der Waals surface area contributed by atoms with E-state index in [1.165, 1.54) is 0 Å². The standard InChI is InChI=1S/C14H22N2O2S/c1-18-10-8-16(7-9-17)13(11-14(15)19)12-5-3-2-4-6-12/h2-6,13,17H,7-11H2,1H3,(H2,15,19). The van der Waals surface area contributed by atoms with Gasteiger partial charge in [0.25, 0.3) is 0 Å². The van der Waals surface area contributed by atoms with Crippen molar-refractivity contribution in [3.05, 3.63) is 35.9 Å². The zero-order chi connectivity index (χ0) is 14.1. The quantitative estimate of drug-likeness (QED) is 0.670. The van der Waals surface area contributed by atoms with Crippen LogP contribution in [0.4, 0.5) is 0 Å². The SMILES string of the molecule is COCCN(CCO)C(CC(N)=S)c1ccccc1. The molecule has 1 atom stereocenters. The maximum absolute atomic E-state index is 9.22. The molecule has 0 saturated heterocycles. The number of rotatable bonds is 9. The van der Waals surface area contributed by atoms with E-state index in [1.54, 1.807) is 7.11 Å². The van der Waals surface area contributed by atoms with Crippen molar-refractivity contribution in [3.8, 4) is 0 Å². The predicted molar refractivity (Wildman–Crippen MR) is 81.1 cm³/mol. The third kappa shape index (κ3) is 5.65. The number of methoxy groups -OCH3 is 1. The van der Waals surface area contributed by atoms with Gasteiger partial charge < -0.3 is 15.6 Å². The first kappa shape index (κ1) is 16.0. The van der Waals surface area contributed by atoms with Crippen molar-refractivity contribution in [2.45, 2.75) is 12.5 Å². The molecule has 1 aromatic rings. The number of aliphatic hydroxyl groups is 1. The number of hydrogen-bond donors (Lipinski definition) is 2. The van der Waals surface area contributed by atoms with Gasteiger partial charge >= 0.3 is 0 Å². The van der Waals surface area contributed by atoms with E-state index >= 15 is 0 Å². The minimum atomic E-state index is 0.0843. The molecule has 0 saturated carbocycles. The van der Waals surface area contributed by atoms with Crippen LogP contribution >= 0.6 is 12.2 Å². The lowest BCUT2D eigenvalue weighted by Gasteiger charge is -2.31. The molecule has 0 aliphatic rings. The molecule has 1 rings (SSSR count). The zero-order valence-corrected chi connectivity index (χ0v) is 12.1. The van der Waals surface area contributed by atoms with Gasteiger partial charge in [0.05, 0.1) is 18.2 Å². The average molecular weight is 282 g/mol. The van der Waals surface area contributed by atoms with Crippen molar-refractivity contribution in [3.63, 3.8) is 0 Å². The van der Waals surface area contributed by atoms with Crippen molar-refractivity contribution in [2.24, 2.45) is 5.73 Å². The predicted octanol–water partition coefficient (Wildman–Crippen LogP) is 1.34. The van der Waals surface area contributed by atoms with Crippen LogP contribution in [0.5, 0.6) is 0 Å². The van der Waals surface area contributed by atoms with Gasteiger partial charge in [-0.15, -0.1) is 0 Å². The summed E-state index contributed by atoms with van der Waals surface area (Å²) < 4.78 is 5.12. The van der Waals surface area contributed by atoms with E-state index in [2.05, 4.69) is 17.0 Å². The summed E-state index contributed by atoms with van der Waals surface area (Å²) in [6.07, 6.45) is 0.600. The summed E-state index contributed by atoms with van der Waals surface area (Å²) in [5, 5.41) is 9.22. The molecule has 4 nitrogen and oxygen atoms in total. The monoisotopic (exact) mass is 282 g/mol. The molecule has 0 spiro atoms. The average Bonchev–Trinajstić information content (AvgIpc) is 2.42. The summed E-state index contributed by atoms with van der Waals surface area (Å²) >= 11 is 5.05. The van der Waals surface area contributed by atoms with Crippen LogP contribution < -0.4 is 5.73 Å². The second-order valence-corrected chi connectivity index (χ2v) is 4.87. The topological polar surface area (TPSA) is 58.7 Å². The van der Waals surface area contributed by atoms with Crippen LogP contribution in [0.1, 0.15) is 18.0 Å². The molecule has 0 fully saturated rings. The van der Waals surface area contributed by atoms with Crippen LogP contribution in [0.15, 0.2) is 30.3 Å². The van der Waals surface area contributed by atoms with E-state index in [0.29, 0.717) is 24.6 Å². The van der Waals surface area contributed by atoms with E-state index in [-0.39, 0.29) is 12.6 Å². The van der Waals surface area contributed by atoms with E-state index in [0.717, 1.165) is 12.1 Å². The highest BCUT2D eigenvalue weighted by Gasteiger charge is 2.20. The van der Waals surface area contributed by atoms with Crippen LogP contribution in [0.2, 0.25) is 0 Å². The summed E-state index contributed by atoms with van der Waals surface area (Å²) in [4.78, 5) is 2.63. The molecule has 19 heavy (non-hydrogen) atoms. The highest BCUT2D eigenvalue weighted by Crippen LogP contribution is 2.23. The van der Waals surface area contributed by atoms with Gasteiger partial charge in [-0.2, -0.15) is 0 Å². The first-order chi connectivity index (χ1) is 9.19. The van der Waals surface area contributed by atoms with Crippen LogP contribution in [0.3, 0.4) is 0 Å². The molecule has 3 N–H and O–H groups in total. The lowest BCUT2D eigenvalue weighted by molar-refractivity contribution is 0.103. The molecular formula is C14H22N2O2S. The Bertz CT molecular complexity index is 373. The third-order valence-electron chi connectivity index (χ3n) is 2.99. The van der Waals surface area contributed by atoms with Gasteiger partial charge in [-0.25, -0.2) is 0 Å². The van der Waals surface area contributed by atoms with Crippen molar-refractivity contribution in [1.82, 2.24) is 4.90 Å². The maximum atomic E-state index is 9.22. The van der Waals surface area contributed by atoms with Gasteiger partial charge in [0, 0.05) is 32.7 Å². The Kier molecular flexibility index (Phi) is 7.59. The summed E-state index contributed by atoms with van der Waals surface area (Å²) in [5.74, 6) is 0. The third-order valence-corrected chi connectivity index (χ3v) is 3.16. The minimum absolute atomic E-state index is 0.0843. The molecule has 0 heterocycles. The number of ether oxygens (including phenoxy) is 1. The Morgan fingerprint density at radius 2 is 2.05 bits per heavy atom. The van der Waals surface area contributed by atoms with E-state index in [1.807, 2.05) is 18.2 Å². The number of hydrogen-bond acceptors (Lipinski definition) is 4. The molecular weight excluding hydrogens is 260 g/mol. The fourth-order valence-electron chi connectivity index (χ4n) is 2.08. The van der Waals surface area contributed by atoms with Gasteiger partial charge in [-0.3, -0.25) is 4.90 Å². The smallest absolute Gasteiger partial charge is 0.0746 e. The van der Waals surface area contributed by atoms with Crippen molar-refractivity contribution in [1.29, 1.82) is 0 Å². The highest BCUT2D eigenvalue weighted by atomic mass is 32.1. The summed E-state index contributed by atoms with van der Waals surface area (Å²) in [6.45, 7) is 2.02. The number of benzene rings is 1. The van der Waals surface area contributed by atoms with E-state index in [9.17, 15) is 5.11 Å². The Morgan fingerprint density at radius 1 is 1.37 bits per heavy atom. The molecule has 1 aromatic carbocycles. The molecule has 0 amide bonds. The number of aliphatic hydroxyl groups excluding tert-OH is 1. The van der Waals surface area contributed by atoms with Crippen LogP contribution in [0, 0.1) is 0 Å². The van der Waals surface area contributed by atoms with Crippen LogP contribution in [-0.4, -0.2) is 48.4 Å². The van der Waals surface area contributed by atoms with E-state index < -0.39 is 0 Å². The van der Waals surface area contributed by atoms with Gasteiger partial charge in [0.1, 0.15) is 0 Å². The fraction of sp³-hybridized carbons (Fsp3) is 0.500. The Morgan fingerprint density at radius 3 is 2.58 bits per heavy atom. The second-order valence-electron chi connectivity index (χ2n) is 4.35. The summed E-state index contributed by atoms with van der Waals surface area (Å²) in [7, 11) is 1.67. The summed E-state index contributed by atoms with van der Waals surface area (Å²) in [5.41, 5.74) is 6.86. The second kappa shape index (κ2) is 8.98. The summed E-state index contributed by atoms with van der Waals surface area (Å²) in [6, 6.07) is 10.2. The first-order valence-corrected chi connectivity index (χ1v) is 6.77. The molecule has 0 radical (unpaired) electrons. The Labute approximate surface area is 120 Å². The van der Waals surface area contributed by atoms with Gasteiger partial charge in [-0.05, 0) is 5.56 Å². The zero-order valence-electron chi connectivity index (χ0n) is 11.3. The molecule has 0 aliphatic heterocycles. The minimum Gasteiger partial charge on any atom is -0.395 e. The molecule has 106 valence electrons. The fourth-order valence-corrected chi connectivity index (χ4v) is 2.24. The lowest BCUT2D eigenvalue weighted by atomic mass is 10.0. The normalized spacial score (nSPS) is 12.6.